The second-order valence-corrected chi connectivity index (χ2v) is 11.1. The molecule has 3 aromatic carbocycles. The van der Waals surface area contributed by atoms with Gasteiger partial charge in [0.05, 0.1) is 18.4 Å². The summed E-state index contributed by atoms with van der Waals surface area (Å²) in [7, 11) is 0. The summed E-state index contributed by atoms with van der Waals surface area (Å²) in [5.41, 5.74) is 12.0. The molecule has 0 fully saturated rings. The number of aromatic nitrogens is 4. The third-order valence-electron chi connectivity index (χ3n) is 8.14. The van der Waals surface area contributed by atoms with Crippen molar-refractivity contribution in [3.8, 4) is 23.0 Å². The minimum Gasteiger partial charge on any atom is -0.508 e. The van der Waals surface area contributed by atoms with Crippen LogP contribution in [0.3, 0.4) is 0 Å². The predicted octanol–water partition coefficient (Wildman–Crippen LogP) is 1.13. The highest BCUT2D eigenvalue weighted by atomic mass is 16.6. The van der Waals surface area contributed by atoms with E-state index in [1.54, 1.807) is 18.2 Å². The summed E-state index contributed by atoms with van der Waals surface area (Å²) >= 11 is 0. The lowest BCUT2D eigenvalue weighted by Gasteiger charge is -2.36. The van der Waals surface area contributed by atoms with Crippen LogP contribution in [0.1, 0.15) is 37.4 Å². The number of anilines is 1. The van der Waals surface area contributed by atoms with Crippen molar-refractivity contribution in [2.24, 2.45) is 5.73 Å². The standard InChI is InChI=1S/C32H26N8O8/c33-25(43)12-39(26(44)13-40-15-38-27-28(34)36-14-37-29(27)40)8-7-35-30(45)16-1-4-20-19(9-16)31(46)48-32(20)21-5-2-17(41)10-23(21)47-24-11-18(42)3-6-22(24)32/h1-6,9-11,14-15,41-42H,7-8,12-13H2,(H2,33,43)(H,35,45)(H2,34,36,37). The monoisotopic (exact) mass is 650 g/mol. The fraction of sp³-hybridized carbons (Fsp3) is 0.156. The number of hydrogen-bond acceptors (Lipinski definition) is 12. The molecule has 7 rings (SSSR count). The Hall–Kier alpha value is -6.71. The second kappa shape index (κ2) is 11.3. The second-order valence-electron chi connectivity index (χ2n) is 11.1. The lowest BCUT2D eigenvalue weighted by molar-refractivity contribution is -0.135. The highest BCUT2D eigenvalue weighted by Crippen LogP contribution is 2.57. The number of carbonyl (C=O) groups is 4. The lowest BCUT2D eigenvalue weighted by Crippen LogP contribution is -2.44. The zero-order valence-electron chi connectivity index (χ0n) is 24.9. The molecule has 16 nitrogen and oxygen atoms in total. The number of nitrogens with zero attached hydrogens (tertiary/aromatic N) is 5. The van der Waals surface area contributed by atoms with Crippen LogP contribution in [0.2, 0.25) is 0 Å². The van der Waals surface area contributed by atoms with E-state index >= 15 is 0 Å². The predicted molar refractivity (Wildman–Crippen MR) is 166 cm³/mol. The van der Waals surface area contributed by atoms with Crippen LogP contribution in [0, 0.1) is 0 Å². The molecular weight excluding hydrogens is 624 g/mol. The number of nitrogens with one attached hydrogen (secondary N) is 1. The van der Waals surface area contributed by atoms with E-state index in [2.05, 4.69) is 20.3 Å². The van der Waals surface area contributed by atoms with Gasteiger partial charge in [0.25, 0.3) is 5.91 Å². The number of hydrogen-bond donors (Lipinski definition) is 5. The van der Waals surface area contributed by atoms with E-state index in [1.807, 2.05) is 0 Å². The van der Waals surface area contributed by atoms with E-state index in [0.717, 1.165) is 0 Å². The number of aromatic hydroxyl groups is 2. The van der Waals surface area contributed by atoms with E-state index < -0.39 is 35.8 Å². The molecule has 3 amide bonds. The van der Waals surface area contributed by atoms with Crippen molar-refractivity contribution in [1.29, 1.82) is 0 Å². The van der Waals surface area contributed by atoms with E-state index in [4.69, 9.17) is 20.9 Å². The summed E-state index contributed by atoms with van der Waals surface area (Å²) in [5, 5.41) is 22.9. The average molecular weight is 651 g/mol. The maximum absolute atomic E-state index is 13.4. The molecule has 5 aromatic rings. The number of amides is 3. The molecule has 0 saturated carbocycles. The molecule has 2 aliphatic heterocycles. The van der Waals surface area contributed by atoms with Gasteiger partial charge in [-0.3, -0.25) is 14.4 Å². The highest BCUT2D eigenvalue weighted by Gasteiger charge is 2.53. The zero-order chi connectivity index (χ0) is 33.7. The molecule has 0 unspecified atom stereocenters. The topological polar surface area (TPSA) is 238 Å². The summed E-state index contributed by atoms with van der Waals surface area (Å²) in [6.07, 6.45) is 2.63. The van der Waals surface area contributed by atoms with Gasteiger partial charge < -0.3 is 45.9 Å². The summed E-state index contributed by atoms with van der Waals surface area (Å²) in [6, 6.07) is 13.3. The zero-order valence-corrected chi connectivity index (χ0v) is 24.9. The number of rotatable bonds is 8. The van der Waals surface area contributed by atoms with Gasteiger partial charge in [-0.2, -0.15) is 0 Å². The van der Waals surface area contributed by atoms with Crippen LogP contribution in [-0.2, 0) is 26.5 Å². The van der Waals surface area contributed by atoms with E-state index in [1.165, 1.54) is 58.5 Å². The van der Waals surface area contributed by atoms with Crippen molar-refractivity contribution < 1.29 is 38.9 Å². The summed E-state index contributed by atoms with van der Waals surface area (Å²) in [6.45, 7) is -0.721. The van der Waals surface area contributed by atoms with Gasteiger partial charge in [-0.25, -0.2) is 19.7 Å². The quantitative estimate of drug-likeness (QED) is 0.149. The molecular formula is C32H26N8O8. The summed E-state index contributed by atoms with van der Waals surface area (Å²) in [4.78, 5) is 64.8. The van der Waals surface area contributed by atoms with Gasteiger partial charge in [0.1, 0.15) is 41.4 Å². The van der Waals surface area contributed by atoms with Crippen LogP contribution in [0.5, 0.6) is 23.0 Å². The van der Waals surface area contributed by atoms with Crippen LogP contribution in [0.15, 0.2) is 67.3 Å². The first-order chi connectivity index (χ1) is 23.0. The van der Waals surface area contributed by atoms with E-state index in [0.29, 0.717) is 27.9 Å². The van der Waals surface area contributed by atoms with Gasteiger partial charge in [0, 0.05) is 47.5 Å². The first kappa shape index (κ1) is 30.0. The van der Waals surface area contributed by atoms with E-state index in [-0.39, 0.29) is 59.6 Å². The fourth-order valence-electron chi connectivity index (χ4n) is 5.99. The molecule has 0 bridgehead atoms. The van der Waals surface area contributed by atoms with Crippen LogP contribution >= 0.6 is 0 Å². The first-order valence-corrected chi connectivity index (χ1v) is 14.5. The third-order valence-corrected chi connectivity index (χ3v) is 8.14. The van der Waals surface area contributed by atoms with Crippen LogP contribution < -0.4 is 21.5 Å². The van der Waals surface area contributed by atoms with Gasteiger partial charge in [-0.15, -0.1) is 0 Å². The Labute approximate surface area is 270 Å². The first-order valence-electron chi connectivity index (χ1n) is 14.5. The van der Waals surface area contributed by atoms with E-state index in [9.17, 15) is 29.4 Å². The molecule has 0 radical (unpaired) electrons. The molecule has 0 aliphatic carbocycles. The van der Waals surface area contributed by atoms with Gasteiger partial charge in [0.2, 0.25) is 11.8 Å². The molecule has 2 aromatic heterocycles. The number of phenolic OH excluding ortho intramolecular Hbond substituents is 2. The number of fused-ring (bicyclic) bond motifs is 7. The average Bonchev–Trinajstić information content (AvgIpc) is 3.59. The number of imidazole rings is 1. The Balaban J connectivity index is 1.10. The van der Waals surface area contributed by atoms with Crippen molar-refractivity contribution >= 4 is 40.7 Å². The Bertz CT molecular complexity index is 2130. The SMILES string of the molecule is NC(=O)CN(CCNC(=O)c1ccc2c(c1)C(=O)OC21c2ccc(O)cc2Oc2cc(O)ccc21)C(=O)Cn1cnc2c(N)ncnc21. The Morgan fingerprint density at radius 1 is 0.938 bits per heavy atom. The largest absolute Gasteiger partial charge is 0.508 e. The number of ether oxygens (including phenoxy) is 2. The fourth-order valence-corrected chi connectivity index (χ4v) is 5.99. The number of primary amides is 1. The Morgan fingerprint density at radius 3 is 2.31 bits per heavy atom. The number of benzene rings is 3. The number of nitrogen functional groups attached to an aromatic ring is 1. The molecule has 16 heteroatoms. The highest BCUT2D eigenvalue weighted by molar-refractivity contribution is 6.01. The maximum Gasteiger partial charge on any atom is 0.340 e. The molecule has 0 atom stereocenters. The molecule has 4 heterocycles. The minimum atomic E-state index is -1.47. The van der Waals surface area contributed by atoms with Gasteiger partial charge in [-0.1, -0.05) is 6.07 Å². The van der Waals surface area contributed by atoms with Crippen LogP contribution in [-0.4, -0.2) is 78.0 Å². The number of esters is 1. The molecule has 2 aliphatic rings. The summed E-state index contributed by atoms with van der Waals surface area (Å²) in [5.74, 6) is -2.02. The van der Waals surface area contributed by atoms with Crippen molar-refractivity contribution in [3.63, 3.8) is 0 Å². The molecule has 242 valence electrons. The Kier molecular flexibility index (Phi) is 7.04. The Morgan fingerprint density at radius 2 is 1.62 bits per heavy atom. The van der Waals surface area contributed by atoms with Crippen LogP contribution in [0.25, 0.3) is 11.2 Å². The van der Waals surface area contributed by atoms with Gasteiger partial charge in [-0.05, 0) is 36.4 Å². The van der Waals surface area contributed by atoms with Gasteiger partial charge >= 0.3 is 5.97 Å². The van der Waals surface area contributed by atoms with Gasteiger partial charge in [0.15, 0.2) is 17.1 Å². The molecule has 1 spiro atoms. The van der Waals surface area contributed by atoms with Crippen molar-refractivity contribution in [2.75, 3.05) is 25.4 Å². The molecule has 7 N–H and O–H groups in total. The molecule has 48 heavy (non-hydrogen) atoms. The van der Waals surface area contributed by atoms with Crippen molar-refractivity contribution in [3.05, 3.63) is 95.1 Å². The van der Waals surface area contributed by atoms with Crippen molar-refractivity contribution in [1.82, 2.24) is 29.7 Å². The van der Waals surface area contributed by atoms with Crippen molar-refractivity contribution in [2.45, 2.75) is 12.1 Å². The smallest absolute Gasteiger partial charge is 0.340 e. The third kappa shape index (κ3) is 4.91. The normalized spacial score (nSPS) is 13.6. The lowest BCUT2D eigenvalue weighted by atomic mass is 9.77. The number of carbonyl (C=O) groups excluding carboxylic acids is 4. The maximum atomic E-state index is 13.4. The molecule has 0 saturated heterocycles. The minimum absolute atomic E-state index is 0.0474. The number of phenols is 2. The number of nitrogens with two attached hydrogens (primary N) is 2. The van der Waals surface area contributed by atoms with Crippen LogP contribution in [0.4, 0.5) is 5.82 Å². The summed E-state index contributed by atoms with van der Waals surface area (Å²) < 4.78 is 13.5.